The first-order chi connectivity index (χ1) is 8.29. The number of halogens is 2. The van der Waals surface area contributed by atoms with Crippen molar-refractivity contribution < 1.29 is 19.8 Å². The molecule has 0 heterocycles. The van der Waals surface area contributed by atoms with Gasteiger partial charge in [0.15, 0.2) is 5.41 Å². The summed E-state index contributed by atoms with van der Waals surface area (Å²) in [7, 11) is 0. The van der Waals surface area contributed by atoms with Gasteiger partial charge in [-0.1, -0.05) is 75.0 Å². The van der Waals surface area contributed by atoms with E-state index in [1.54, 1.807) is 12.1 Å². The third-order valence-electron chi connectivity index (χ3n) is 3.37. The first kappa shape index (κ1) is 14.0. The highest BCUT2D eigenvalue weighted by Crippen LogP contribution is 2.73. The maximum Gasteiger partial charge on any atom is 0.324 e. The van der Waals surface area contributed by atoms with Crippen molar-refractivity contribution in [2.45, 2.75) is 14.3 Å². The monoisotopic (exact) mass is 472 g/mol. The van der Waals surface area contributed by atoms with E-state index in [9.17, 15) is 19.8 Å². The zero-order valence-corrected chi connectivity index (χ0v) is 13.7. The summed E-state index contributed by atoms with van der Waals surface area (Å²) in [6.45, 7) is 1.93. The summed E-state index contributed by atoms with van der Waals surface area (Å²) in [6.07, 6.45) is 0. The normalized spacial score (nSPS) is 28.7. The summed E-state index contributed by atoms with van der Waals surface area (Å²) in [5.74, 6) is -2.55. The van der Waals surface area contributed by atoms with E-state index in [-0.39, 0.29) is 0 Å². The van der Waals surface area contributed by atoms with E-state index in [1.807, 2.05) is 64.2 Å². The molecule has 2 unspecified atom stereocenters. The molecule has 1 aliphatic rings. The molecular formula is C12H10I2O4. The van der Waals surface area contributed by atoms with Gasteiger partial charge in [-0.3, -0.25) is 9.59 Å². The smallest absolute Gasteiger partial charge is 0.324 e. The Hall–Kier alpha value is -0.380. The number of benzene rings is 1. The Kier molecular flexibility index (Phi) is 3.37. The number of carboxylic acids is 2. The molecule has 0 saturated heterocycles. The van der Waals surface area contributed by atoms with E-state index < -0.39 is 24.7 Å². The molecule has 1 aromatic rings. The molecule has 2 atom stereocenters. The minimum Gasteiger partial charge on any atom is -0.480 e. The molecule has 6 heteroatoms. The Labute approximate surface area is 131 Å². The summed E-state index contributed by atoms with van der Waals surface area (Å²) >= 11 is 3.89. The van der Waals surface area contributed by atoms with Crippen LogP contribution in [-0.2, 0) is 13.0 Å². The predicted octanol–water partition coefficient (Wildman–Crippen LogP) is 2.60. The van der Waals surface area contributed by atoms with E-state index in [0.717, 1.165) is 11.1 Å². The number of aliphatic carboxylic acids is 2. The van der Waals surface area contributed by atoms with Crippen LogP contribution in [0.25, 0.3) is 0 Å². The Morgan fingerprint density at radius 2 is 1.61 bits per heavy atom. The lowest BCUT2D eigenvalue weighted by Crippen LogP contribution is -2.32. The lowest BCUT2D eigenvalue weighted by atomic mass is 9.98. The topological polar surface area (TPSA) is 74.6 Å². The number of carbonyl (C=O) groups is 2. The second kappa shape index (κ2) is 4.32. The van der Waals surface area contributed by atoms with Gasteiger partial charge in [-0.2, -0.15) is 0 Å². The molecule has 0 amide bonds. The summed E-state index contributed by atoms with van der Waals surface area (Å²) in [6, 6.07) is 7.35. The first-order valence-electron chi connectivity index (χ1n) is 5.16. The van der Waals surface area contributed by atoms with Crippen LogP contribution in [-0.4, -0.2) is 26.1 Å². The quantitative estimate of drug-likeness (QED) is 0.403. The minimum absolute atomic E-state index is 0.471. The SMILES string of the molecule is Cc1ccc(C2(I)C(I)C2(C(=O)O)C(=O)O)cc1. The van der Waals surface area contributed by atoms with Crippen LogP contribution in [0.4, 0.5) is 0 Å². The first-order valence-corrected chi connectivity index (χ1v) is 7.49. The molecule has 0 radical (unpaired) electrons. The van der Waals surface area contributed by atoms with Crippen molar-refractivity contribution >= 4 is 57.1 Å². The maximum absolute atomic E-state index is 11.4. The average molecular weight is 472 g/mol. The van der Waals surface area contributed by atoms with Crippen LogP contribution >= 0.6 is 45.2 Å². The van der Waals surface area contributed by atoms with Gasteiger partial charge in [0.2, 0.25) is 0 Å². The van der Waals surface area contributed by atoms with Crippen LogP contribution in [0.2, 0.25) is 0 Å². The molecule has 1 aromatic carbocycles. The number of carboxylic acid groups (broad SMARTS) is 2. The van der Waals surface area contributed by atoms with Crippen molar-refractivity contribution in [3.63, 3.8) is 0 Å². The van der Waals surface area contributed by atoms with E-state index in [0.29, 0.717) is 0 Å². The Balaban J connectivity index is 2.54. The van der Waals surface area contributed by atoms with Crippen molar-refractivity contribution in [1.29, 1.82) is 0 Å². The van der Waals surface area contributed by atoms with Crippen molar-refractivity contribution in [3.05, 3.63) is 35.4 Å². The van der Waals surface area contributed by atoms with Gasteiger partial charge in [-0.05, 0) is 12.5 Å². The predicted molar refractivity (Wildman–Crippen MR) is 82.4 cm³/mol. The molecule has 1 fully saturated rings. The standard InChI is InChI=1S/C12H10I2O4/c1-6-2-4-7(5-3-6)12(14)8(13)11(12,9(15)16)10(17)18/h2-5,8H,1H3,(H,15,16)(H,17,18). The second-order valence-electron chi connectivity index (χ2n) is 4.36. The number of rotatable bonds is 3. The highest BCUT2D eigenvalue weighted by molar-refractivity contribution is 14.1. The lowest BCUT2D eigenvalue weighted by molar-refractivity contribution is -0.157. The van der Waals surface area contributed by atoms with Crippen molar-refractivity contribution in [2.75, 3.05) is 0 Å². The van der Waals surface area contributed by atoms with Gasteiger partial charge in [0.1, 0.15) is 0 Å². The molecule has 18 heavy (non-hydrogen) atoms. The molecule has 0 aromatic heterocycles. The van der Waals surface area contributed by atoms with Crippen LogP contribution < -0.4 is 0 Å². The molecule has 0 bridgehead atoms. The fourth-order valence-corrected chi connectivity index (χ4v) is 5.92. The number of aryl methyl sites for hydroxylation is 1. The van der Waals surface area contributed by atoms with Crippen LogP contribution in [0.3, 0.4) is 0 Å². The van der Waals surface area contributed by atoms with E-state index >= 15 is 0 Å². The van der Waals surface area contributed by atoms with Gasteiger partial charge < -0.3 is 10.2 Å². The van der Waals surface area contributed by atoms with Gasteiger partial charge in [-0.25, -0.2) is 0 Å². The average Bonchev–Trinajstić information content (AvgIpc) is 2.79. The van der Waals surface area contributed by atoms with Crippen LogP contribution in [0.5, 0.6) is 0 Å². The van der Waals surface area contributed by atoms with Crippen LogP contribution in [0.1, 0.15) is 11.1 Å². The summed E-state index contributed by atoms with van der Waals surface area (Å²) in [4.78, 5) is 22.8. The largest absolute Gasteiger partial charge is 0.480 e. The third-order valence-corrected chi connectivity index (χ3v) is 8.52. The van der Waals surface area contributed by atoms with Crippen molar-refractivity contribution in [3.8, 4) is 0 Å². The van der Waals surface area contributed by atoms with Gasteiger partial charge in [0.25, 0.3) is 0 Å². The Morgan fingerprint density at radius 1 is 1.17 bits per heavy atom. The number of hydrogen-bond donors (Lipinski definition) is 2. The molecule has 1 saturated carbocycles. The van der Waals surface area contributed by atoms with Crippen molar-refractivity contribution in [2.24, 2.45) is 5.41 Å². The van der Waals surface area contributed by atoms with Gasteiger partial charge in [0, 0.05) is 0 Å². The van der Waals surface area contributed by atoms with E-state index in [2.05, 4.69) is 0 Å². The summed E-state index contributed by atoms with van der Waals surface area (Å²) in [5.41, 5.74) is 0.0715. The zero-order valence-electron chi connectivity index (χ0n) is 9.35. The third kappa shape index (κ3) is 1.54. The Bertz CT molecular complexity index is 511. The summed E-state index contributed by atoms with van der Waals surface area (Å²) < 4.78 is -1.36. The molecule has 96 valence electrons. The van der Waals surface area contributed by atoms with Gasteiger partial charge >= 0.3 is 11.9 Å². The fourth-order valence-electron chi connectivity index (χ4n) is 2.19. The molecule has 0 spiro atoms. The molecular weight excluding hydrogens is 462 g/mol. The molecule has 4 nitrogen and oxygen atoms in total. The minimum atomic E-state index is -1.73. The molecule has 2 rings (SSSR count). The van der Waals surface area contributed by atoms with Crippen molar-refractivity contribution in [1.82, 2.24) is 0 Å². The van der Waals surface area contributed by atoms with E-state index in [4.69, 9.17) is 0 Å². The zero-order chi connectivity index (χ0) is 13.7. The highest BCUT2D eigenvalue weighted by Gasteiger charge is 2.85. The highest BCUT2D eigenvalue weighted by atomic mass is 127. The van der Waals surface area contributed by atoms with E-state index in [1.165, 1.54) is 0 Å². The van der Waals surface area contributed by atoms with Crippen LogP contribution in [0, 0.1) is 12.3 Å². The fraction of sp³-hybridized carbons (Fsp3) is 0.333. The Morgan fingerprint density at radius 3 is 1.94 bits per heavy atom. The van der Waals surface area contributed by atoms with Gasteiger partial charge in [0.05, 0.1) is 7.35 Å². The summed E-state index contributed by atoms with van der Waals surface area (Å²) in [5, 5.41) is 18.6. The lowest BCUT2D eigenvalue weighted by Gasteiger charge is -2.13. The van der Waals surface area contributed by atoms with Gasteiger partial charge in [-0.15, -0.1) is 0 Å². The maximum atomic E-state index is 11.4. The second-order valence-corrected chi connectivity index (χ2v) is 7.31. The number of hydrogen-bond acceptors (Lipinski definition) is 2. The molecule has 2 N–H and O–H groups in total. The number of alkyl halides is 2. The van der Waals surface area contributed by atoms with Crippen LogP contribution in [0.15, 0.2) is 24.3 Å². The molecule has 0 aliphatic heterocycles. The molecule has 1 aliphatic carbocycles.